The van der Waals surface area contributed by atoms with Crippen LogP contribution in [0.25, 0.3) is 0 Å². The van der Waals surface area contributed by atoms with Crippen LogP contribution >= 0.6 is 0 Å². The predicted molar refractivity (Wildman–Crippen MR) is 69.6 cm³/mol. The molecule has 1 aliphatic heterocycles. The number of hydrogen-bond donors (Lipinski definition) is 2. The molecule has 1 saturated heterocycles. The lowest BCUT2D eigenvalue weighted by molar-refractivity contribution is -0.141. The van der Waals surface area contributed by atoms with E-state index in [0.29, 0.717) is 43.3 Å². The van der Waals surface area contributed by atoms with Crippen molar-refractivity contribution in [3.05, 3.63) is 5.56 Å². The molecular formula is C12H17N5O2. The fourth-order valence-corrected chi connectivity index (χ4v) is 2.40. The predicted octanol–water partition coefficient (Wildman–Crippen LogP) is 0.658. The van der Waals surface area contributed by atoms with Crippen LogP contribution in [-0.2, 0) is 11.3 Å². The molecule has 0 radical (unpaired) electrons. The van der Waals surface area contributed by atoms with Gasteiger partial charge in [-0.3, -0.25) is 4.79 Å². The molecular weight excluding hydrogens is 246 g/mol. The molecule has 1 aliphatic rings. The summed E-state index contributed by atoms with van der Waals surface area (Å²) >= 11 is 0. The number of nitrogens with zero attached hydrogens (tertiary/aromatic N) is 4. The van der Waals surface area contributed by atoms with Gasteiger partial charge in [0.1, 0.15) is 17.5 Å². The molecule has 7 nitrogen and oxygen atoms in total. The Hall–Kier alpha value is -2.23. The Labute approximate surface area is 111 Å². The molecule has 1 atom stereocenters. The fraction of sp³-hybridized carbons (Fsp3) is 0.583. The third-order valence-electron chi connectivity index (χ3n) is 3.45. The van der Waals surface area contributed by atoms with Crippen LogP contribution in [-0.4, -0.2) is 33.9 Å². The number of rotatable bonds is 3. The van der Waals surface area contributed by atoms with Gasteiger partial charge in [0.05, 0.1) is 5.92 Å². The second-order valence-corrected chi connectivity index (χ2v) is 4.63. The molecule has 0 amide bonds. The Kier molecular flexibility index (Phi) is 3.60. The number of carboxylic acids is 1. The second-order valence-electron chi connectivity index (χ2n) is 4.63. The summed E-state index contributed by atoms with van der Waals surface area (Å²) in [6.07, 6.45) is 1.44. The average molecular weight is 263 g/mol. The van der Waals surface area contributed by atoms with Crippen molar-refractivity contribution < 1.29 is 9.90 Å². The Morgan fingerprint density at radius 3 is 3.00 bits per heavy atom. The molecule has 2 rings (SSSR count). The molecule has 0 aliphatic carbocycles. The summed E-state index contributed by atoms with van der Waals surface area (Å²) in [6.45, 7) is 3.56. The number of nitrogens with two attached hydrogens (primary N) is 1. The van der Waals surface area contributed by atoms with E-state index < -0.39 is 11.9 Å². The second kappa shape index (κ2) is 5.18. The van der Waals surface area contributed by atoms with Gasteiger partial charge in [0, 0.05) is 19.6 Å². The lowest BCUT2D eigenvalue weighted by Crippen LogP contribution is -2.39. The Morgan fingerprint density at radius 2 is 2.42 bits per heavy atom. The summed E-state index contributed by atoms with van der Waals surface area (Å²) < 4.78 is 1.57. The Balaban J connectivity index is 2.31. The van der Waals surface area contributed by atoms with Gasteiger partial charge >= 0.3 is 5.97 Å². The van der Waals surface area contributed by atoms with Gasteiger partial charge in [-0.2, -0.15) is 10.4 Å². The minimum atomic E-state index is -0.800. The largest absolute Gasteiger partial charge is 0.481 e. The van der Waals surface area contributed by atoms with Gasteiger partial charge < -0.3 is 15.7 Å². The van der Waals surface area contributed by atoms with Gasteiger partial charge in [0.25, 0.3) is 0 Å². The highest BCUT2D eigenvalue weighted by Crippen LogP contribution is 2.28. The van der Waals surface area contributed by atoms with E-state index in [1.165, 1.54) is 0 Å². The first-order valence-electron chi connectivity index (χ1n) is 6.32. The third kappa shape index (κ3) is 2.34. The van der Waals surface area contributed by atoms with Crippen molar-refractivity contribution in [2.45, 2.75) is 26.3 Å². The van der Waals surface area contributed by atoms with E-state index in [-0.39, 0.29) is 0 Å². The molecule has 0 spiro atoms. The van der Waals surface area contributed by atoms with E-state index in [4.69, 9.17) is 10.8 Å². The SMILES string of the molecule is CCn1nc(N2CCCC(C(=O)O)C2)c(C#N)c1N. The molecule has 3 N–H and O–H groups in total. The lowest BCUT2D eigenvalue weighted by atomic mass is 9.98. The van der Waals surface area contributed by atoms with Crippen molar-refractivity contribution in [3.63, 3.8) is 0 Å². The van der Waals surface area contributed by atoms with E-state index in [9.17, 15) is 10.1 Å². The van der Waals surface area contributed by atoms with Crippen molar-refractivity contribution in [3.8, 4) is 6.07 Å². The maximum absolute atomic E-state index is 11.1. The van der Waals surface area contributed by atoms with Gasteiger partial charge in [-0.1, -0.05) is 0 Å². The topological polar surface area (TPSA) is 108 Å². The average Bonchev–Trinajstić information content (AvgIpc) is 2.75. The van der Waals surface area contributed by atoms with Crippen LogP contribution < -0.4 is 10.6 Å². The van der Waals surface area contributed by atoms with Crippen LogP contribution in [0.1, 0.15) is 25.3 Å². The standard InChI is InChI=1S/C12H17N5O2/c1-2-17-10(14)9(6-13)11(15-17)16-5-3-4-8(7-16)12(18)19/h8H,2-5,7,14H2,1H3,(H,18,19). The Morgan fingerprint density at radius 1 is 1.68 bits per heavy atom. The molecule has 19 heavy (non-hydrogen) atoms. The molecule has 1 aromatic heterocycles. The highest BCUT2D eigenvalue weighted by atomic mass is 16.4. The number of aromatic nitrogens is 2. The van der Waals surface area contributed by atoms with E-state index in [0.717, 1.165) is 6.42 Å². The molecule has 7 heteroatoms. The number of anilines is 2. The zero-order valence-corrected chi connectivity index (χ0v) is 10.8. The number of aryl methyl sites for hydroxylation is 1. The zero-order chi connectivity index (χ0) is 14.0. The number of piperidine rings is 1. The number of carboxylic acid groups (broad SMARTS) is 1. The normalized spacial score (nSPS) is 19.2. The summed E-state index contributed by atoms with van der Waals surface area (Å²) in [5, 5.41) is 22.6. The molecule has 0 aromatic carbocycles. The minimum absolute atomic E-state index is 0.341. The van der Waals surface area contributed by atoms with Crippen molar-refractivity contribution in [1.29, 1.82) is 5.26 Å². The van der Waals surface area contributed by atoms with E-state index in [2.05, 4.69) is 11.2 Å². The van der Waals surface area contributed by atoms with Crippen molar-refractivity contribution in [2.75, 3.05) is 23.7 Å². The van der Waals surface area contributed by atoms with Gasteiger partial charge in [-0.15, -0.1) is 0 Å². The molecule has 1 aromatic rings. The summed E-state index contributed by atoms with van der Waals surface area (Å²) in [4.78, 5) is 12.9. The number of aliphatic carboxylic acids is 1. The quantitative estimate of drug-likeness (QED) is 0.829. The highest BCUT2D eigenvalue weighted by Gasteiger charge is 2.29. The molecule has 1 fully saturated rings. The maximum atomic E-state index is 11.1. The first-order chi connectivity index (χ1) is 9.08. The van der Waals surface area contributed by atoms with Crippen LogP contribution in [0.4, 0.5) is 11.6 Å². The van der Waals surface area contributed by atoms with E-state index in [1.54, 1.807) is 4.68 Å². The van der Waals surface area contributed by atoms with Gasteiger partial charge in [-0.25, -0.2) is 4.68 Å². The fourth-order valence-electron chi connectivity index (χ4n) is 2.40. The number of nitrogen functional groups attached to an aromatic ring is 1. The summed E-state index contributed by atoms with van der Waals surface area (Å²) in [5.74, 6) is -0.357. The summed E-state index contributed by atoms with van der Waals surface area (Å²) in [6, 6.07) is 2.06. The van der Waals surface area contributed by atoms with Crippen LogP contribution in [0.3, 0.4) is 0 Å². The highest BCUT2D eigenvalue weighted by molar-refractivity contribution is 5.72. The van der Waals surface area contributed by atoms with Gasteiger partial charge in [-0.05, 0) is 19.8 Å². The molecule has 0 saturated carbocycles. The molecule has 0 bridgehead atoms. The zero-order valence-electron chi connectivity index (χ0n) is 10.8. The molecule has 2 heterocycles. The van der Waals surface area contributed by atoms with Crippen LogP contribution in [0, 0.1) is 17.2 Å². The van der Waals surface area contributed by atoms with Gasteiger partial charge in [0.2, 0.25) is 0 Å². The number of hydrogen-bond acceptors (Lipinski definition) is 5. The maximum Gasteiger partial charge on any atom is 0.308 e. The first-order valence-corrected chi connectivity index (χ1v) is 6.32. The van der Waals surface area contributed by atoms with Crippen molar-refractivity contribution in [1.82, 2.24) is 9.78 Å². The number of carbonyl (C=O) groups is 1. The van der Waals surface area contributed by atoms with Crippen molar-refractivity contribution >= 4 is 17.6 Å². The third-order valence-corrected chi connectivity index (χ3v) is 3.45. The van der Waals surface area contributed by atoms with Gasteiger partial charge in [0.15, 0.2) is 5.82 Å². The van der Waals surface area contributed by atoms with E-state index >= 15 is 0 Å². The van der Waals surface area contributed by atoms with E-state index in [1.807, 2.05) is 11.8 Å². The number of nitriles is 1. The first kappa shape index (κ1) is 13.2. The Bertz CT molecular complexity index is 531. The molecule has 102 valence electrons. The van der Waals surface area contributed by atoms with Crippen LogP contribution in [0.15, 0.2) is 0 Å². The monoisotopic (exact) mass is 263 g/mol. The summed E-state index contributed by atoms with van der Waals surface area (Å²) in [7, 11) is 0. The van der Waals surface area contributed by atoms with Crippen LogP contribution in [0.2, 0.25) is 0 Å². The lowest BCUT2D eigenvalue weighted by Gasteiger charge is -2.30. The molecule has 1 unspecified atom stereocenters. The smallest absolute Gasteiger partial charge is 0.308 e. The summed E-state index contributed by atoms with van der Waals surface area (Å²) in [5.41, 5.74) is 6.20. The van der Waals surface area contributed by atoms with Crippen molar-refractivity contribution in [2.24, 2.45) is 5.92 Å². The minimum Gasteiger partial charge on any atom is -0.481 e. The van der Waals surface area contributed by atoms with Crippen LogP contribution in [0.5, 0.6) is 0 Å².